The molecule has 1 unspecified atom stereocenters. The van der Waals surface area contributed by atoms with Gasteiger partial charge >= 0.3 is 6.18 Å². The Morgan fingerprint density at radius 2 is 1.96 bits per heavy atom. The maximum atomic E-state index is 12.7. The lowest BCUT2D eigenvalue weighted by molar-refractivity contribution is -0.137. The van der Waals surface area contributed by atoms with Crippen molar-refractivity contribution >= 4 is 17.5 Å². The van der Waals surface area contributed by atoms with Gasteiger partial charge in [-0.25, -0.2) is 0 Å². The van der Waals surface area contributed by atoms with Crippen LogP contribution in [-0.2, 0) is 15.8 Å². The van der Waals surface area contributed by atoms with Crippen LogP contribution in [0.4, 0.5) is 18.9 Å². The van der Waals surface area contributed by atoms with Gasteiger partial charge in [-0.2, -0.15) is 13.2 Å². The van der Waals surface area contributed by atoms with Crippen molar-refractivity contribution in [2.24, 2.45) is 0 Å². The SMILES string of the molecule is O=C1CC(C(=O)NCC#Cc2cccc(C(F)(F)F)c2)c2ccccc2N1. The largest absolute Gasteiger partial charge is 0.416 e. The van der Waals surface area contributed by atoms with Crippen molar-refractivity contribution in [1.82, 2.24) is 5.32 Å². The Hall–Kier alpha value is -3.27. The third-order valence-corrected chi connectivity index (χ3v) is 4.09. The van der Waals surface area contributed by atoms with Gasteiger partial charge in [0, 0.05) is 17.7 Å². The van der Waals surface area contributed by atoms with Crippen LogP contribution >= 0.6 is 0 Å². The van der Waals surface area contributed by atoms with Crippen LogP contribution in [0.15, 0.2) is 48.5 Å². The van der Waals surface area contributed by atoms with E-state index in [9.17, 15) is 22.8 Å². The normalized spacial score (nSPS) is 15.8. The minimum Gasteiger partial charge on any atom is -0.345 e. The molecule has 1 aliphatic rings. The zero-order valence-corrected chi connectivity index (χ0v) is 14.1. The van der Waals surface area contributed by atoms with E-state index >= 15 is 0 Å². The Morgan fingerprint density at radius 1 is 1.19 bits per heavy atom. The van der Waals surface area contributed by atoms with Crippen LogP contribution in [0.5, 0.6) is 0 Å². The van der Waals surface area contributed by atoms with E-state index in [1.54, 1.807) is 24.3 Å². The topological polar surface area (TPSA) is 58.2 Å². The fourth-order valence-electron chi connectivity index (χ4n) is 2.82. The minimum absolute atomic E-state index is 0.0316. The molecular formula is C20H15F3N2O2. The van der Waals surface area contributed by atoms with Gasteiger partial charge in [-0.3, -0.25) is 9.59 Å². The average molecular weight is 372 g/mol. The van der Waals surface area contributed by atoms with Crippen molar-refractivity contribution in [3.05, 3.63) is 65.2 Å². The first-order valence-electron chi connectivity index (χ1n) is 8.17. The van der Waals surface area contributed by atoms with Gasteiger partial charge in [-0.05, 0) is 29.8 Å². The van der Waals surface area contributed by atoms with E-state index in [0.29, 0.717) is 5.69 Å². The van der Waals surface area contributed by atoms with Crippen LogP contribution in [0.3, 0.4) is 0 Å². The first kappa shape index (κ1) is 18.5. The van der Waals surface area contributed by atoms with E-state index in [2.05, 4.69) is 22.5 Å². The van der Waals surface area contributed by atoms with Gasteiger partial charge in [0.15, 0.2) is 0 Å². The fourth-order valence-corrected chi connectivity index (χ4v) is 2.82. The number of carbonyl (C=O) groups excluding carboxylic acids is 2. The predicted molar refractivity (Wildman–Crippen MR) is 93.8 cm³/mol. The maximum Gasteiger partial charge on any atom is 0.416 e. The van der Waals surface area contributed by atoms with Crippen LogP contribution in [0.25, 0.3) is 0 Å². The molecule has 138 valence electrons. The van der Waals surface area contributed by atoms with Crippen LogP contribution < -0.4 is 10.6 Å². The summed E-state index contributed by atoms with van der Waals surface area (Å²) in [6, 6.07) is 11.7. The molecular weight excluding hydrogens is 357 g/mol. The van der Waals surface area contributed by atoms with E-state index in [0.717, 1.165) is 17.7 Å². The van der Waals surface area contributed by atoms with Crippen molar-refractivity contribution in [2.45, 2.75) is 18.5 Å². The number of hydrogen-bond donors (Lipinski definition) is 2. The second-order valence-electron chi connectivity index (χ2n) is 5.99. The zero-order valence-electron chi connectivity index (χ0n) is 14.1. The first-order valence-corrected chi connectivity index (χ1v) is 8.17. The van der Waals surface area contributed by atoms with E-state index in [1.807, 2.05) is 0 Å². The molecule has 2 aromatic rings. The summed E-state index contributed by atoms with van der Waals surface area (Å²) in [4.78, 5) is 24.2. The first-order chi connectivity index (χ1) is 12.8. The molecule has 4 nitrogen and oxygen atoms in total. The van der Waals surface area contributed by atoms with Gasteiger partial charge in [-0.15, -0.1) is 0 Å². The fraction of sp³-hybridized carbons (Fsp3) is 0.200. The Bertz CT molecular complexity index is 942. The van der Waals surface area contributed by atoms with Gasteiger partial charge in [-0.1, -0.05) is 36.1 Å². The highest BCUT2D eigenvalue weighted by Gasteiger charge is 2.31. The summed E-state index contributed by atoms with van der Waals surface area (Å²) < 4.78 is 38.0. The number of nitrogens with one attached hydrogen (secondary N) is 2. The number of para-hydroxylation sites is 1. The molecule has 2 amide bonds. The summed E-state index contributed by atoms with van der Waals surface area (Å²) in [7, 11) is 0. The summed E-state index contributed by atoms with van der Waals surface area (Å²) in [6.07, 6.45) is -4.40. The molecule has 3 rings (SSSR count). The summed E-state index contributed by atoms with van der Waals surface area (Å²) in [5.41, 5.74) is 0.758. The Kier molecular flexibility index (Phi) is 5.17. The summed E-state index contributed by atoms with van der Waals surface area (Å²) >= 11 is 0. The number of benzene rings is 2. The molecule has 0 saturated carbocycles. The van der Waals surface area contributed by atoms with Crippen LogP contribution in [0.2, 0.25) is 0 Å². The summed E-state index contributed by atoms with van der Waals surface area (Å²) in [5, 5.41) is 5.33. The third-order valence-electron chi connectivity index (χ3n) is 4.09. The Balaban J connectivity index is 1.65. The van der Waals surface area contributed by atoms with E-state index < -0.39 is 17.7 Å². The predicted octanol–water partition coefficient (Wildman–Crippen LogP) is 3.30. The zero-order chi connectivity index (χ0) is 19.4. The highest BCUT2D eigenvalue weighted by molar-refractivity contribution is 6.01. The van der Waals surface area contributed by atoms with Crippen molar-refractivity contribution in [2.75, 3.05) is 11.9 Å². The van der Waals surface area contributed by atoms with Crippen molar-refractivity contribution in [1.29, 1.82) is 0 Å². The number of amides is 2. The van der Waals surface area contributed by atoms with E-state index in [-0.39, 0.29) is 30.3 Å². The molecule has 27 heavy (non-hydrogen) atoms. The monoisotopic (exact) mass is 372 g/mol. The van der Waals surface area contributed by atoms with Crippen LogP contribution in [0.1, 0.15) is 29.0 Å². The highest BCUT2D eigenvalue weighted by Crippen LogP contribution is 2.32. The van der Waals surface area contributed by atoms with Gasteiger partial charge in [0.05, 0.1) is 18.0 Å². The number of fused-ring (bicyclic) bond motifs is 1. The molecule has 0 spiro atoms. The molecule has 0 bridgehead atoms. The van der Waals surface area contributed by atoms with Gasteiger partial charge in [0.25, 0.3) is 0 Å². The lowest BCUT2D eigenvalue weighted by atomic mass is 9.90. The average Bonchev–Trinajstić information content (AvgIpc) is 2.64. The standard InChI is InChI=1S/C20H15F3N2O2/c21-20(22,23)14-7-3-5-13(11-14)6-4-10-24-19(27)16-12-18(26)25-17-9-2-1-8-15(16)17/h1-3,5,7-9,11,16H,10,12H2,(H,24,27)(H,25,26). The number of anilines is 1. The molecule has 0 saturated heterocycles. The van der Waals surface area contributed by atoms with Gasteiger partial charge < -0.3 is 10.6 Å². The lowest BCUT2D eigenvalue weighted by Gasteiger charge is -2.24. The lowest BCUT2D eigenvalue weighted by Crippen LogP contribution is -2.35. The molecule has 0 aromatic heterocycles. The van der Waals surface area contributed by atoms with E-state index in [4.69, 9.17) is 0 Å². The number of carbonyl (C=O) groups is 2. The number of rotatable bonds is 2. The maximum absolute atomic E-state index is 12.7. The van der Waals surface area contributed by atoms with E-state index in [1.165, 1.54) is 12.1 Å². The summed E-state index contributed by atoms with van der Waals surface area (Å²) in [6.45, 7) is -0.0324. The third kappa shape index (κ3) is 4.47. The smallest absolute Gasteiger partial charge is 0.345 e. The molecule has 1 aliphatic heterocycles. The molecule has 2 aromatic carbocycles. The second-order valence-corrected chi connectivity index (χ2v) is 5.99. The van der Waals surface area contributed by atoms with Crippen molar-refractivity contribution in [3.63, 3.8) is 0 Å². The molecule has 7 heteroatoms. The minimum atomic E-state index is -4.43. The van der Waals surface area contributed by atoms with Gasteiger partial charge in [0.2, 0.25) is 11.8 Å². The van der Waals surface area contributed by atoms with Crippen molar-refractivity contribution < 1.29 is 22.8 Å². The Labute approximate surface area is 153 Å². The molecule has 1 atom stereocenters. The van der Waals surface area contributed by atoms with Gasteiger partial charge in [0.1, 0.15) is 0 Å². The highest BCUT2D eigenvalue weighted by atomic mass is 19.4. The second kappa shape index (κ2) is 7.54. The number of hydrogen-bond acceptors (Lipinski definition) is 2. The Morgan fingerprint density at radius 3 is 2.74 bits per heavy atom. The quantitative estimate of drug-likeness (QED) is 0.795. The number of alkyl halides is 3. The molecule has 0 aliphatic carbocycles. The molecule has 0 fully saturated rings. The number of halogens is 3. The van der Waals surface area contributed by atoms with Crippen LogP contribution in [-0.4, -0.2) is 18.4 Å². The van der Waals surface area contributed by atoms with Crippen molar-refractivity contribution in [3.8, 4) is 11.8 Å². The van der Waals surface area contributed by atoms with Crippen LogP contribution in [0, 0.1) is 11.8 Å². The molecule has 0 radical (unpaired) electrons. The summed E-state index contributed by atoms with van der Waals surface area (Å²) in [5.74, 6) is 4.02. The molecule has 1 heterocycles. The molecule has 2 N–H and O–H groups in total.